The van der Waals surface area contributed by atoms with Gasteiger partial charge in [-0.1, -0.05) is 26.8 Å². The van der Waals surface area contributed by atoms with Crippen molar-refractivity contribution in [3.8, 4) is 11.1 Å². The molecule has 0 heterocycles. The molecule has 0 atom stereocenters. The predicted octanol–water partition coefficient (Wildman–Crippen LogP) is 4.69. The van der Waals surface area contributed by atoms with E-state index >= 15 is 0 Å². The molecule has 0 radical (unpaired) electrons. The van der Waals surface area contributed by atoms with Crippen LogP contribution in [0.3, 0.4) is 0 Å². The standard InChI is InChI=1S/C27H34FN3O3/c1-15(2)31(19-8-9-19)26(34)22-11-17(25(33)30-14-27(4,5)6)7-10-20(22)21-12-18(24(29)32)13-23(28)16(21)3/h7,10-13,15,19H,8-9,14H2,1-6H3,(H2,29,32)(H,30,33). The zero-order valence-corrected chi connectivity index (χ0v) is 20.8. The molecule has 3 amide bonds. The molecule has 2 aromatic rings. The number of hydrogen-bond acceptors (Lipinski definition) is 3. The summed E-state index contributed by atoms with van der Waals surface area (Å²) >= 11 is 0. The second kappa shape index (κ2) is 9.57. The van der Waals surface area contributed by atoms with Gasteiger partial charge in [0.2, 0.25) is 5.91 Å². The molecule has 182 valence electrons. The molecule has 1 aliphatic rings. The summed E-state index contributed by atoms with van der Waals surface area (Å²) in [6.45, 7) is 12.0. The number of hydrogen-bond donors (Lipinski definition) is 2. The molecule has 7 heteroatoms. The lowest BCUT2D eigenvalue weighted by atomic mass is 9.91. The van der Waals surface area contributed by atoms with Gasteiger partial charge in [0.15, 0.2) is 0 Å². The number of nitrogens with two attached hydrogens (primary N) is 1. The van der Waals surface area contributed by atoms with E-state index in [-0.39, 0.29) is 34.9 Å². The van der Waals surface area contributed by atoms with E-state index in [0.717, 1.165) is 18.9 Å². The third-order valence-electron chi connectivity index (χ3n) is 5.94. The third-order valence-corrected chi connectivity index (χ3v) is 5.94. The quantitative estimate of drug-likeness (QED) is 0.619. The van der Waals surface area contributed by atoms with Gasteiger partial charge in [-0.15, -0.1) is 0 Å². The van der Waals surface area contributed by atoms with E-state index in [4.69, 9.17) is 5.73 Å². The average molecular weight is 468 g/mol. The van der Waals surface area contributed by atoms with E-state index in [0.29, 0.717) is 34.4 Å². The summed E-state index contributed by atoms with van der Waals surface area (Å²) in [7, 11) is 0. The van der Waals surface area contributed by atoms with Crippen molar-refractivity contribution in [3.05, 3.63) is 58.4 Å². The fourth-order valence-electron chi connectivity index (χ4n) is 3.96. The van der Waals surface area contributed by atoms with Gasteiger partial charge in [-0.25, -0.2) is 4.39 Å². The maximum absolute atomic E-state index is 14.7. The van der Waals surface area contributed by atoms with Gasteiger partial charge in [0.05, 0.1) is 0 Å². The second-order valence-corrected chi connectivity index (χ2v) is 10.5. The van der Waals surface area contributed by atoms with Crippen molar-refractivity contribution in [2.75, 3.05) is 6.54 Å². The highest BCUT2D eigenvalue weighted by Crippen LogP contribution is 2.35. The molecule has 1 aliphatic carbocycles. The highest BCUT2D eigenvalue weighted by atomic mass is 19.1. The van der Waals surface area contributed by atoms with Gasteiger partial charge in [0.25, 0.3) is 11.8 Å². The molecule has 3 N–H and O–H groups in total. The number of amides is 3. The van der Waals surface area contributed by atoms with Crippen LogP contribution in [0.1, 0.15) is 84.1 Å². The predicted molar refractivity (Wildman–Crippen MR) is 131 cm³/mol. The van der Waals surface area contributed by atoms with Crippen LogP contribution in [-0.2, 0) is 0 Å². The average Bonchev–Trinajstić information content (AvgIpc) is 3.57. The van der Waals surface area contributed by atoms with E-state index in [1.807, 2.05) is 39.5 Å². The Hall–Kier alpha value is -3.22. The Morgan fingerprint density at radius 2 is 1.74 bits per heavy atom. The van der Waals surface area contributed by atoms with Gasteiger partial charge in [0.1, 0.15) is 5.82 Å². The third kappa shape index (κ3) is 5.64. The number of carbonyl (C=O) groups excluding carboxylic acids is 3. The van der Waals surface area contributed by atoms with E-state index in [9.17, 15) is 18.8 Å². The highest BCUT2D eigenvalue weighted by Gasteiger charge is 2.36. The van der Waals surface area contributed by atoms with Crippen LogP contribution in [0, 0.1) is 18.2 Å². The fraction of sp³-hybridized carbons (Fsp3) is 0.444. The van der Waals surface area contributed by atoms with Crippen LogP contribution < -0.4 is 11.1 Å². The van der Waals surface area contributed by atoms with Crippen LogP contribution >= 0.6 is 0 Å². The summed E-state index contributed by atoms with van der Waals surface area (Å²) in [5.74, 6) is -1.85. The summed E-state index contributed by atoms with van der Waals surface area (Å²) in [5.41, 5.74) is 7.14. The zero-order valence-electron chi connectivity index (χ0n) is 20.8. The minimum atomic E-state index is -0.756. The first kappa shape index (κ1) is 25.4. The van der Waals surface area contributed by atoms with Gasteiger partial charge in [-0.05, 0) is 80.0 Å². The minimum Gasteiger partial charge on any atom is -0.366 e. The number of benzene rings is 2. The van der Waals surface area contributed by atoms with Gasteiger partial charge in [-0.2, -0.15) is 0 Å². The van der Waals surface area contributed by atoms with Crippen molar-refractivity contribution in [2.24, 2.45) is 11.1 Å². The molecule has 2 aromatic carbocycles. The van der Waals surface area contributed by atoms with Crippen molar-refractivity contribution in [3.63, 3.8) is 0 Å². The Bertz CT molecular complexity index is 1130. The summed E-state index contributed by atoms with van der Waals surface area (Å²) in [5, 5.41) is 2.91. The number of nitrogens with zero attached hydrogens (tertiary/aromatic N) is 1. The smallest absolute Gasteiger partial charge is 0.254 e. The summed E-state index contributed by atoms with van der Waals surface area (Å²) in [6.07, 6.45) is 1.85. The molecule has 0 spiro atoms. The lowest BCUT2D eigenvalue weighted by Gasteiger charge is -2.28. The Morgan fingerprint density at radius 1 is 1.09 bits per heavy atom. The number of rotatable bonds is 7. The first-order chi connectivity index (χ1) is 15.8. The van der Waals surface area contributed by atoms with Crippen LogP contribution in [-0.4, -0.2) is 41.2 Å². The van der Waals surface area contributed by atoms with E-state index in [2.05, 4.69) is 5.32 Å². The van der Waals surface area contributed by atoms with Gasteiger partial charge in [-0.3, -0.25) is 14.4 Å². The first-order valence-corrected chi connectivity index (χ1v) is 11.7. The first-order valence-electron chi connectivity index (χ1n) is 11.7. The van der Waals surface area contributed by atoms with Crippen molar-refractivity contribution < 1.29 is 18.8 Å². The molecular weight excluding hydrogens is 433 g/mol. The molecule has 34 heavy (non-hydrogen) atoms. The molecule has 6 nitrogen and oxygen atoms in total. The molecule has 1 saturated carbocycles. The summed E-state index contributed by atoms with van der Waals surface area (Å²) < 4.78 is 14.7. The number of nitrogens with one attached hydrogen (secondary N) is 1. The van der Waals surface area contributed by atoms with Crippen LogP contribution in [0.5, 0.6) is 0 Å². The summed E-state index contributed by atoms with van der Waals surface area (Å²) in [6, 6.07) is 7.55. The Kier molecular flexibility index (Phi) is 7.15. The van der Waals surface area contributed by atoms with Gasteiger partial charge in [0, 0.05) is 35.3 Å². The maximum atomic E-state index is 14.7. The maximum Gasteiger partial charge on any atom is 0.254 e. The SMILES string of the molecule is Cc1c(F)cc(C(N)=O)cc1-c1ccc(C(=O)NCC(C)(C)C)cc1C(=O)N(C(C)C)C1CC1. The number of primary amides is 1. The molecule has 3 rings (SSSR count). The zero-order chi connectivity index (χ0) is 25.4. The normalized spacial score (nSPS) is 13.6. The highest BCUT2D eigenvalue weighted by molar-refractivity contribution is 6.05. The topological polar surface area (TPSA) is 92.5 Å². The molecule has 0 aromatic heterocycles. The van der Waals surface area contributed by atoms with Crippen LogP contribution in [0.15, 0.2) is 30.3 Å². The largest absolute Gasteiger partial charge is 0.366 e. The van der Waals surface area contributed by atoms with E-state index in [1.54, 1.807) is 25.1 Å². The van der Waals surface area contributed by atoms with Crippen LogP contribution in [0.25, 0.3) is 11.1 Å². The molecule has 0 bridgehead atoms. The summed E-state index contributed by atoms with van der Waals surface area (Å²) in [4.78, 5) is 40.3. The van der Waals surface area contributed by atoms with Crippen molar-refractivity contribution in [2.45, 2.75) is 66.5 Å². The van der Waals surface area contributed by atoms with Gasteiger partial charge < -0.3 is 16.0 Å². The fourth-order valence-corrected chi connectivity index (χ4v) is 3.96. The van der Waals surface area contributed by atoms with Crippen molar-refractivity contribution >= 4 is 17.7 Å². The second-order valence-electron chi connectivity index (χ2n) is 10.5. The molecule has 0 unspecified atom stereocenters. The Balaban J connectivity index is 2.16. The number of carbonyl (C=O) groups is 3. The van der Waals surface area contributed by atoms with E-state index < -0.39 is 11.7 Å². The van der Waals surface area contributed by atoms with E-state index in [1.165, 1.54) is 6.07 Å². The van der Waals surface area contributed by atoms with Crippen molar-refractivity contribution in [1.82, 2.24) is 10.2 Å². The Labute approximate surface area is 200 Å². The van der Waals surface area contributed by atoms with Crippen LogP contribution in [0.4, 0.5) is 4.39 Å². The lowest BCUT2D eigenvalue weighted by Crippen LogP contribution is -2.39. The Morgan fingerprint density at radius 3 is 2.26 bits per heavy atom. The van der Waals surface area contributed by atoms with Crippen LogP contribution in [0.2, 0.25) is 0 Å². The molecular formula is C27H34FN3O3. The van der Waals surface area contributed by atoms with Gasteiger partial charge >= 0.3 is 0 Å². The molecule has 1 fully saturated rings. The lowest BCUT2D eigenvalue weighted by molar-refractivity contribution is 0.0691. The number of halogens is 1. The molecule has 0 aliphatic heterocycles. The molecule has 0 saturated heterocycles. The van der Waals surface area contributed by atoms with Crippen molar-refractivity contribution in [1.29, 1.82) is 0 Å². The minimum absolute atomic E-state index is 0.0198. The monoisotopic (exact) mass is 467 g/mol.